The first-order chi connectivity index (χ1) is 11.4. The van der Waals surface area contributed by atoms with Crippen LogP contribution in [0.15, 0.2) is 46.9 Å². The normalized spacial score (nSPS) is 11.3. The lowest BCUT2D eigenvalue weighted by molar-refractivity contribution is 0.791. The highest BCUT2D eigenvalue weighted by Gasteiger charge is 2.04. The minimum atomic E-state index is 0. The number of aromatic nitrogens is 3. The fourth-order valence-electron chi connectivity index (χ4n) is 2.25. The molecule has 3 aromatic rings. The van der Waals surface area contributed by atoms with E-state index in [9.17, 15) is 0 Å². The summed E-state index contributed by atoms with van der Waals surface area (Å²) in [6, 6.07) is 10.1. The highest BCUT2D eigenvalue weighted by molar-refractivity contribution is 14.0. The number of guanidine groups is 1. The number of hydrogen-bond acceptors (Lipinski definition) is 4. The van der Waals surface area contributed by atoms with Crippen LogP contribution in [0.1, 0.15) is 17.6 Å². The van der Waals surface area contributed by atoms with Crippen LogP contribution in [0.5, 0.6) is 0 Å². The molecule has 6 nitrogen and oxygen atoms in total. The van der Waals surface area contributed by atoms with Gasteiger partial charge in [0.25, 0.3) is 0 Å². The number of rotatable bonds is 6. The van der Waals surface area contributed by atoms with Crippen molar-refractivity contribution < 1.29 is 0 Å². The fraction of sp³-hybridized carbons (Fsp3) is 0.312. The summed E-state index contributed by atoms with van der Waals surface area (Å²) in [7, 11) is 0. The first kappa shape index (κ1) is 18.7. The van der Waals surface area contributed by atoms with Crippen molar-refractivity contribution in [1.82, 2.24) is 25.2 Å². The van der Waals surface area contributed by atoms with Gasteiger partial charge in [0, 0.05) is 24.2 Å². The maximum atomic E-state index is 4.60. The number of nitrogens with one attached hydrogen (secondary N) is 2. The summed E-state index contributed by atoms with van der Waals surface area (Å²) >= 11 is 1.78. The Kier molecular flexibility index (Phi) is 7.44. The predicted molar refractivity (Wildman–Crippen MR) is 109 cm³/mol. The molecule has 3 rings (SSSR count). The Balaban J connectivity index is 0.00000208. The maximum Gasteiger partial charge on any atom is 0.191 e. The molecule has 0 bridgehead atoms. The molecule has 0 atom stereocenters. The monoisotopic (exact) mass is 456 g/mol. The van der Waals surface area contributed by atoms with E-state index in [0.29, 0.717) is 6.54 Å². The largest absolute Gasteiger partial charge is 0.357 e. The van der Waals surface area contributed by atoms with Crippen molar-refractivity contribution in [2.45, 2.75) is 19.9 Å². The molecule has 0 unspecified atom stereocenters. The summed E-state index contributed by atoms with van der Waals surface area (Å²) in [6.07, 6.45) is 2.95. The van der Waals surface area contributed by atoms with E-state index >= 15 is 0 Å². The van der Waals surface area contributed by atoms with Crippen LogP contribution in [0.25, 0.3) is 5.65 Å². The lowest BCUT2D eigenvalue weighted by atomic mass is 10.3. The smallest absolute Gasteiger partial charge is 0.191 e. The number of nitrogens with zero attached hydrogens (tertiary/aromatic N) is 4. The van der Waals surface area contributed by atoms with Crippen LogP contribution in [0, 0.1) is 0 Å². The molecule has 8 heteroatoms. The topological polar surface area (TPSA) is 66.6 Å². The van der Waals surface area contributed by atoms with Gasteiger partial charge in [-0.05, 0) is 36.9 Å². The zero-order valence-corrected chi connectivity index (χ0v) is 16.6. The van der Waals surface area contributed by atoms with E-state index in [1.165, 1.54) is 4.88 Å². The van der Waals surface area contributed by atoms with E-state index in [1.807, 2.05) is 28.8 Å². The molecule has 0 radical (unpaired) electrons. The van der Waals surface area contributed by atoms with E-state index in [1.54, 1.807) is 11.3 Å². The molecule has 2 N–H and O–H groups in total. The van der Waals surface area contributed by atoms with E-state index in [-0.39, 0.29) is 24.0 Å². The predicted octanol–water partition coefficient (Wildman–Crippen LogP) is 2.71. The zero-order valence-electron chi connectivity index (χ0n) is 13.5. The van der Waals surface area contributed by atoms with Gasteiger partial charge < -0.3 is 10.6 Å². The van der Waals surface area contributed by atoms with Gasteiger partial charge in [0.05, 0.1) is 0 Å². The second kappa shape index (κ2) is 9.58. The average Bonchev–Trinajstić information content (AvgIpc) is 3.22. The minimum Gasteiger partial charge on any atom is -0.357 e. The highest BCUT2D eigenvalue weighted by atomic mass is 127. The summed E-state index contributed by atoms with van der Waals surface area (Å²) < 4.78 is 1.96. The fourth-order valence-corrected chi connectivity index (χ4v) is 2.96. The summed E-state index contributed by atoms with van der Waals surface area (Å²) in [4.78, 5) is 5.97. The van der Waals surface area contributed by atoms with Gasteiger partial charge in [-0.2, -0.15) is 0 Å². The molecular formula is C16H21IN6S. The molecule has 0 amide bonds. The summed E-state index contributed by atoms with van der Waals surface area (Å²) in [5.74, 6) is 1.63. The minimum absolute atomic E-state index is 0. The quantitative estimate of drug-likeness (QED) is 0.340. The lowest BCUT2D eigenvalue weighted by Crippen LogP contribution is -2.38. The van der Waals surface area contributed by atoms with E-state index in [0.717, 1.165) is 36.9 Å². The van der Waals surface area contributed by atoms with Crippen molar-refractivity contribution in [3.05, 3.63) is 52.6 Å². The van der Waals surface area contributed by atoms with E-state index < -0.39 is 0 Å². The van der Waals surface area contributed by atoms with Gasteiger partial charge in [0.2, 0.25) is 0 Å². The number of aliphatic imine (C=N–C) groups is 1. The summed E-state index contributed by atoms with van der Waals surface area (Å²) in [5, 5.41) is 17.1. The molecule has 0 aliphatic heterocycles. The van der Waals surface area contributed by atoms with Gasteiger partial charge in [0.15, 0.2) is 17.4 Å². The third kappa shape index (κ3) is 4.91. The van der Waals surface area contributed by atoms with Gasteiger partial charge in [-0.1, -0.05) is 12.1 Å². The Morgan fingerprint density at radius 1 is 1.21 bits per heavy atom. The Labute approximate surface area is 162 Å². The third-order valence-electron chi connectivity index (χ3n) is 3.35. The molecule has 0 aliphatic rings. The number of fused-ring (bicyclic) bond motifs is 1. The zero-order chi connectivity index (χ0) is 15.9. The molecule has 0 aliphatic carbocycles. The molecule has 3 heterocycles. The van der Waals surface area contributed by atoms with Gasteiger partial charge in [-0.15, -0.1) is 45.5 Å². The number of halogens is 1. The summed E-state index contributed by atoms with van der Waals surface area (Å²) in [5.41, 5.74) is 0.841. The SMILES string of the molecule is CCNC(=NCc1nnc2ccccn12)NCCc1cccs1.I. The molecule has 24 heavy (non-hydrogen) atoms. The van der Waals surface area contributed by atoms with E-state index in [4.69, 9.17) is 0 Å². The van der Waals surface area contributed by atoms with Crippen LogP contribution in [-0.2, 0) is 13.0 Å². The van der Waals surface area contributed by atoms with Crippen molar-refractivity contribution in [3.8, 4) is 0 Å². The Morgan fingerprint density at radius 2 is 2.12 bits per heavy atom. The van der Waals surface area contributed by atoms with Crippen LogP contribution in [0.2, 0.25) is 0 Å². The van der Waals surface area contributed by atoms with Crippen LogP contribution in [0.3, 0.4) is 0 Å². The van der Waals surface area contributed by atoms with Gasteiger partial charge in [0.1, 0.15) is 6.54 Å². The standard InChI is InChI=1S/C16H20N6S.HI/c1-2-17-16(18-9-8-13-6-5-11-23-13)19-12-15-21-20-14-7-3-4-10-22(14)15;/h3-7,10-11H,2,8-9,12H2,1H3,(H2,17,18,19);1H. The Hall–Kier alpha value is -1.68. The molecule has 0 saturated heterocycles. The van der Waals surface area contributed by atoms with E-state index in [2.05, 4.69) is 50.3 Å². The van der Waals surface area contributed by atoms with Crippen molar-refractivity contribution in [2.75, 3.05) is 13.1 Å². The van der Waals surface area contributed by atoms with Gasteiger partial charge in [-0.3, -0.25) is 4.40 Å². The van der Waals surface area contributed by atoms with Crippen LogP contribution in [0.4, 0.5) is 0 Å². The van der Waals surface area contributed by atoms with Crippen LogP contribution >= 0.6 is 35.3 Å². The van der Waals surface area contributed by atoms with Crippen molar-refractivity contribution in [1.29, 1.82) is 0 Å². The molecule has 0 saturated carbocycles. The number of pyridine rings is 1. The first-order valence-corrected chi connectivity index (χ1v) is 8.58. The molecule has 0 spiro atoms. The van der Waals surface area contributed by atoms with Crippen molar-refractivity contribution in [3.63, 3.8) is 0 Å². The molecule has 128 valence electrons. The lowest BCUT2D eigenvalue weighted by Gasteiger charge is -2.10. The molecule has 3 aromatic heterocycles. The summed E-state index contributed by atoms with van der Waals surface area (Å²) in [6.45, 7) is 4.22. The highest BCUT2D eigenvalue weighted by Crippen LogP contribution is 2.08. The van der Waals surface area contributed by atoms with Crippen molar-refractivity contribution >= 4 is 46.9 Å². The second-order valence-corrected chi connectivity index (χ2v) is 6.03. The second-order valence-electron chi connectivity index (χ2n) is 5.00. The Bertz CT molecular complexity index is 768. The number of thiophene rings is 1. The molecular weight excluding hydrogens is 435 g/mol. The first-order valence-electron chi connectivity index (χ1n) is 7.70. The number of hydrogen-bond donors (Lipinski definition) is 2. The van der Waals surface area contributed by atoms with Gasteiger partial charge >= 0.3 is 0 Å². The van der Waals surface area contributed by atoms with Crippen LogP contribution in [-0.4, -0.2) is 33.6 Å². The third-order valence-corrected chi connectivity index (χ3v) is 4.29. The van der Waals surface area contributed by atoms with Gasteiger partial charge in [-0.25, -0.2) is 4.99 Å². The maximum absolute atomic E-state index is 4.60. The Morgan fingerprint density at radius 3 is 2.92 bits per heavy atom. The average molecular weight is 456 g/mol. The molecule has 0 aromatic carbocycles. The molecule has 0 fully saturated rings. The van der Waals surface area contributed by atoms with Crippen molar-refractivity contribution in [2.24, 2.45) is 4.99 Å². The van der Waals surface area contributed by atoms with Crippen LogP contribution < -0.4 is 10.6 Å².